The van der Waals surface area contributed by atoms with Crippen LogP contribution >= 0.6 is 12.6 Å². The van der Waals surface area contributed by atoms with Crippen molar-refractivity contribution in [1.82, 2.24) is 0 Å². The summed E-state index contributed by atoms with van der Waals surface area (Å²) in [5.74, 6) is 1.00. The number of rotatable bonds is 1. The van der Waals surface area contributed by atoms with E-state index in [1.807, 2.05) is 19.9 Å². The smallest absolute Gasteiger partial charge is 0.109 e. The standard InChI is InChI=1S/C7H10OS.C2H6/c1-8-6-4-2-3-5-7(6)9;1-2/h3,5,9H,2,4H2,1H3;1-2H3. The van der Waals surface area contributed by atoms with Crippen LogP contribution in [0, 0.1) is 0 Å². The summed E-state index contributed by atoms with van der Waals surface area (Å²) in [7, 11) is 1.69. The molecule has 1 nitrogen and oxygen atoms in total. The van der Waals surface area contributed by atoms with Gasteiger partial charge in [-0.05, 0) is 12.5 Å². The molecule has 0 saturated heterocycles. The summed E-state index contributed by atoms with van der Waals surface area (Å²) in [5.41, 5.74) is 0. The van der Waals surface area contributed by atoms with Crippen molar-refractivity contribution in [1.29, 1.82) is 0 Å². The largest absolute Gasteiger partial charge is 0.500 e. The molecule has 1 rings (SSSR count). The summed E-state index contributed by atoms with van der Waals surface area (Å²) in [4.78, 5) is 0.962. The fourth-order valence-electron chi connectivity index (χ4n) is 0.837. The highest BCUT2D eigenvalue weighted by atomic mass is 32.1. The summed E-state index contributed by atoms with van der Waals surface area (Å²) < 4.78 is 5.06. The maximum atomic E-state index is 5.06. The molecule has 0 spiro atoms. The van der Waals surface area contributed by atoms with Crippen molar-refractivity contribution < 1.29 is 4.74 Å². The summed E-state index contributed by atoms with van der Waals surface area (Å²) in [6.45, 7) is 4.00. The molecule has 0 saturated carbocycles. The molecule has 0 amide bonds. The third-order valence-electron chi connectivity index (χ3n) is 1.35. The SMILES string of the molecule is CC.COC1=C(S)C=CCC1. The first-order chi connectivity index (χ1) is 5.34. The Balaban J connectivity index is 0.000000461. The maximum absolute atomic E-state index is 5.06. The Hall–Kier alpha value is -0.370. The average Bonchev–Trinajstić information content (AvgIpc) is 2.09. The summed E-state index contributed by atoms with van der Waals surface area (Å²) in [6, 6.07) is 0. The van der Waals surface area contributed by atoms with E-state index in [0.29, 0.717) is 0 Å². The lowest BCUT2D eigenvalue weighted by Crippen LogP contribution is -1.92. The van der Waals surface area contributed by atoms with Gasteiger partial charge in [0.1, 0.15) is 5.76 Å². The predicted molar refractivity (Wildman–Crippen MR) is 52.7 cm³/mol. The summed E-state index contributed by atoms with van der Waals surface area (Å²) in [5, 5.41) is 0. The van der Waals surface area contributed by atoms with Crippen molar-refractivity contribution in [2.45, 2.75) is 26.7 Å². The zero-order valence-electron chi connectivity index (χ0n) is 7.42. The van der Waals surface area contributed by atoms with Crippen LogP contribution in [0.3, 0.4) is 0 Å². The first-order valence-electron chi connectivity index (χ1n) is 3.97. The van der Waals surface area contributed by atoms with Crippen LogP contribution in [-0.4, -0.2) is 7.11 Å². The van der Waals surface area contributed by atoms with Gasteiger partial charge in [0.05, 0.1) is 7.11 Å². The molecule has 0 aromatic rings. The highest BCUT2D eigenvalue weighted by Crippen LogP contribution is 2.21. The minimum Gasteiger partial charge on any atom is -0.500 e. The molecule has 0 atom stereocenters. The molecule has 0 unspecified atom stereocenters. The Bertz CT molecular complexity index is 159. The Kier molecular flexibility index (Phi) is 6.13. The molecule has 0 fully saturated rings. The van der Waals surface area contributed by atoms with Crippen molar-refractivity contribution in [3.8, 4) is 0 Å². The van der Waals surface area contributed by atoms with E-state index in [-0.39, 0.29) is 0 Å². The van der Waals surface area contributed by atoms with E-state index in [4.69, 9.17) is 4.74 Å². The van der Waals surface area contributed by atoms with Crippen LogP contribution in [0.4, 0.5) is 0 Å². The first-order valence-corrected chi connectivity index (χ1v) is 4.42. The molecule has 0 aliphatic heterocycles. The van der Waals surface area contributed by atoms with Crippen LogP contribution in [0.2, 0.25) is 0 Å². The van der Waals surface area contributed by atoms with Gasteiger partial charge >= 0.3 is 0 Å². The lowest BCUT2D eigenvalue weighted by molar-refractivity contribution is 0.275. The van der Waals surface area contributed by atoms with Gasteiger partial charge in [0.15, 0.2) is 0 Å². The molecule has 0 aromatic carbocycles. The molecule has 0 aromatic heterocycles. The van der Waals surface area contributed by atoms with Crippen molar-refractivity contribution in [3.63, 3.8) is 0 Å². The summed E-state index contributed by atoms with van der Waals surface area (Å²) in [6.07, 6.45) is 6.15. The molecule has 64 valence electrons. The van der Waals surface area contributed by atoms with Crippen molar-refractivity contribution in [2.75, 3.05) is 7.11 Å². The predicted octanol–water partition coefficient (Wildman–Crippen LogP) is 3.15. The second kappa shape index (κ2) is 6.35. The minimum absolute atomic E-state index is 0.962. The van der Waals surface area contributed by atoms with E-state index in [1.165, 1.54) is 0 Å². The zero-order chi connectivity index (χ0) is 8.69. The van der Waals surface area contributed by atoms with Gasteiger partial charge in [-0.25, -0.2) is 0 Å². The second-order valence-corrected chi connectivity index (χ2v) is 2.44. The molecule has 1 aliphatic carbocycles. The Labute approximate surface area is 74.5 Å². The zero-order valence-corrected chi connectivity index (χ0v) is 8.32. The fourth-order valence-corrected chi connectivity index (χ4v) is 1.15. The average molecular weight is 172 g/mol. The third-order valence-corrected chi connectivity index (χ3v) is 1.74. The normalized spacial score (nSPS) is 15.6. The van der Waals surface area contributed by atoms with Gasteiger partial charge in [-0.2, -0.15) is 0 Å². The number of thiol groups is 1. The van der Waals surface area contributed by atoms with Crippen LogP contribution in [0.1, 0.15) is 26.7 Å². The van der Waals surface area contributed by atoms with Crippen molar-refractivity contribution in [2.24, 2.45) is 0 Å². The maximum Gasteiger partial charge on any atom is 0.109 e. The molecule has 1 aliphatic rings. The molecule has 11 heavy (non-hydrogen) atoms. The Morgan fingerprint density at radius 2 is 2.09 bits per heavy atom. The number of hydrogen-bond donors (Lipinski definition) is 1. The van der Waals surface area contributed by atoms with E-state index in [0.717, 1.165) is 23.5 Å². The Morgan fingerprint density at radius 1 is 1.45 bits per heavy atom. The van der Waals surface area contributed by atoms with Gasteiger partial charge in [-0.3, -0.25) is 0 Å². The molecular formula is C9H16OS. The van der Waals surface area contributed by atoms with Gasteiger partial charge in [0.25, 0.3) is 0 Å². The van der Waals surface area contributed by atoms with E-state index in [2.05, 4.69) is 18.7 Å². The van der Waals surface area contributed by atoms with Crippen LogP contribution in [0.5, 0.6) is 0 Å². The van der Waals surface area contributed by atoms with Gasteiger partial charge in [-0.1, -0.05) is 19.9 Å². The topological polar surface area (TPSA) is 9.23 Å². The molecule has 0 N–H and O–H groups in total. The van der Waals surface area contributed by atoms with Gasteiger partial charge < -0.3 is 4.74 Å². The van der Waals surface area contributed by atoms with Gasteiger partial charge in [-0.15, -0.1) is 12.6 Å². The quantitative estimate of drug-likeness (QED) is 0.598. The van der Waals surface area contributed by atoms with E-state index in [1.54, 1.807) is 7.11 Å². The second-order valence-electron chi connectivity index (χ2n) is 1.95. The minimum atomic E-state index is 0.962. The number of allylic oxidation sites excluding steroid dienone is 3. The molecular weight excluding hydrogens is 156 g/mol. The first kappa shape index (κ1) is 10.6. The number of methoxy groups -OCH3 is 1. The Morgan fingerprint density at radius 3 is 2.45 bits per heavy atom. The van der Waals surface area contributed by atoms with Crippen molar-refractivity contribution >= 4 is 12.6 Å². The highest BCUT2D eigenvalue weighted by molar-refractivity contribution is 7.84. The monoisotopic (exact) mass is 172 g/mol. The van der Waals surface area contributed by atoms with E-state index in [9.17, 15) is 0 Å². The van der Waals surface area contributed by atoms with Crippen LogP contribution < -0.4 is 0 Å². The fraction of sp³-hybridized carbons (Fsp3) is 0.556. The summed E-state index contributed by atoms with van der Waals surface area (Å²) >= 11 is 4.20. The lowest BCUT2D eigenvalue weighted by Gasteiger charge is -2.09. The van der Waals surface area contributed by atoms with Crippen molar-refractivity contribution in [3.05, 3.63) is 22.8 Å². The highest BCUT2D eigenvalue weighted by Gasteiger charge is 2.03. The number of ether oxygens (including phenoxy) is 1. The van der Waals surface area contributed by atoms with Crippen LogP contribution in [0.15, 0.2) is 22.8 Å². The van der Waals surface area contributed by atoms with Crippen LogP contribution in [-0.2, 0) is 4.74 Å². The van der Waals surface area contributed by atoms with Gasteiger partial charge in [0, 0.05) is 11.3 Å². The molecule has 0 bridgehead atoms. The molecule has 2 heteroatoms. The van der Waals surface area contributed by atoms with Gasteiger partial charge in [0.2, 0.25) is 0 Å². The third kappa shape index (κ3) is 3.51. The number of hydrogen-bond acceptors (Lipinski definition) is 2. The van der Waals surface area contributed by atoms with E-state index >= 15 is 0 Å². The van der Waals surface area contributed by atoms with E-state index < -0.39 is 0 Å². The molecule has 0 radical (unpaired) electrons. The molecule has 0 heterocycles. The lowest BCUT2D eigenvalue weighted by atomic mass is 10.2. The van der Waals surface area contributed by atoms with Crippen LogP contribution in [0.25, 0.3) is 0 Å².